The van der Waals surface area contributed by atoms with Crippen LogP contribution in [0.2, 0.25) is 0 Å². The monoisotopic (exact) mass is 547 g/mol. The molecule has 1 fully saturated rings. The fourth-order valence-electron chi connectivity index (χ4n) is 4.75. The predicted octanol–water partition coefficient (Wildman–Crippen LogP) is 5.26. The van der Waals surface area contributed by atoms with Gasteiger partial charge in [0, 0.05) is 37.4 Å². The lowest BCUT2D eigenvalue weighted by molar-refractivity contribution is 0.0774. The van der Waals surface area contributed by atoms with Crippen LogP contribution < -0.4 is 34.2 Å². The lowest BCUT2D eigenvalue weighted by Crippen LogP contribution is -2.35. The molecule has 210 valence electrons. The number of nitrogens with zero attached hydrogens (tertiary/aromatic N) is 2. The summed E-state index contributed by atoms with van der Waals surface area (Å²) in [5, 5.41) is 0. The van der Waals surface area contributed by atoms with Crippen molar-refractivity contribution in [3.05, 3.63) is 54.1 Å². The molecule has 0 bridgehead atoms. The van der Waals surface area contributed by atoms with Crippen molar-refractivity contribution < 1.29 is 33.2 Å². The lowest BCUT2D eigenvalue weighted by Gasteiger charge is -2.20. The van der Waals surface area contributed by atoms with Gasteiger partial charge in [-0.15, -0.1) is 0 Å². The first-order valence-electron chi connectivity index (χ1n) is 13.1. The third kappa shape index (κ3) is 5.70. The van der Waals surface area contributed by atoms with Crippen molar-refractivity contribution in [3.63, 3.8) is 0 Å². The SMILES string of the molecule is COc1ccc(Oc2cc(OCCCOc3cc4c(cc3OC)C(=O)N3CCC[C@H]3C=N4)ccc2N)cc1OC. The standard InChI is InChI=1S/C30H33N3O7/c1-35-25-10-8-21(15-27(25)36-2)40-26-14-20(7-9-23(26)31)38-12-5-13-39-29-17-24-22(16-28(29)37-3)30(34)33-11-4-6-19(33)18-32-24/h7-10,14-19H,4-6,11-13,31H2,1-3H3/t19-/m0/s1. The largest absolute Gasteiger partial charge is 0.493 e. The molecule has 2 aliphatic heterocycles. The van der Waals surface area contributed by atoms with Gasteiger partial charge in [0.25, 0.3) is 5.91 Å². The number of nitrogen functional groups attached to an aromatic ring is 1. The van der Waals surface area contributed by atoms with Gasteiger partial charge in [0.05, 0.1) is 57.5 Å². The summed E-state index contributed by atoms with van der Waals surface area (Å²) in [7, 11) is 4.70. The van der Waals surface area contributed by atoms with Crippen molar-refractivity contribution in [2.24, 2.45) is 4.99 Å². The number of benzene rings is 3. The van der Waals surface area contributed by atoms with Crippen LogP contribution in [-0.2, 0) is 0 Å². The van der Waals surface area contributed by atoms with Crippen molar-refractivity contribution in [3.8, 4) is 40.2 Å². The maximum absolute atomic E-state index is 13.0. The second kappa shape index (κ2) is 12.1. The summed E-state index contributed by atoms with van der Waals surface area (Å²) < 4.78 is 34.0. The second-order valence-corrected chi connectivity index (χ2v) is 9.38. The number of rotatable bonds is 11. The molecule has 0 unspecified atom stereocenters. The zero-order valence-corrected chi connectivity index (χ0v) is 22.8. The molecule has 10 nitrogen and oxygen atoms in total. The first-order chi connectivity index (χ1) is 19.5. The zero-order chi connectivity index (χ0) is 28.1. The summed E-state index contributed by atoms with van der Waals surface area (Å²) >= 11 is 0. The maximum atomic E-state index is 13.0. The maximum Gasteiger partial charge on any atom is 0.256 e. The minimum Gasteiger partial charge on any atom is -0.493 e. The van der Waals surface area contributed by atoms with E-state index in [1.807, 2.05) is 11.1 Å². The quantitative estimate of drug-likeness (QED) is 0.256. The number of methoxy groups -OCH3 is 3. The molecule has 2 aliphatic rings. The highest BCUT2D eigenvalue weighted by atomic mass is 16.5. The summed E-state index contributed by atoms with van der Waals surface area (Å²) in [6.07, 6.45) is 4.38. The molecule has 5 rings (SSSR count). The molecule has 3 aromatic rings. The molecular formula is C30H33N3O7. The number of carbonyl (C=O) groups is 1. The fraction of sp³-hybridized carbons (Fsp3) is 0.333. The first-order valence-corrected chi connectivity index (χ1v) is 13.1. The summed E-state index contributed by atoms with van der Waals surface area (Å²) in [5.41, 5.74) is 7.72. The van der Waals surface area contributed by atoms with Crippen LogP contribution in [0, 0.1) is 0 Å². The third-order valence-electron chi connectivity index (χ3n) is 6.84. The molecular weight excluding hydrogens is 514 g/mol. The Labute approximate surface area is 233 Å². The Hall–Kier alpha value is -4.60. The summed E-state index contributed by atoms with van der Waals surface area (Å²) in [4.78, 5) is 19.5. The lowest BCUT2D eigenvalue weighted by atomic mass is 10.1. The van der Waals surface area contributed by atoms with Crippen LogP contribution >= 0.6 is 0 Å². The molecule has 3 aromatic carbocycles. The van der Waals surface area contributed by atoms with E-state index < -0.39 is 0 Å². The molecule has 2 heterocycles. The van der Waals surface area contributed by atoms with E-state index in [-0.39, 0.29) is 11.9 Å². The van der Waals surface area contributed by atoms with E-state index in [0.29, 0.717) is 76.8 Å². The molecule has 0 saturated carbocycles. The van der Waals surface area contributed by atoms with Crippen LogP contribution in [0.1, 0.15) is 29.6 Å². The van der Waals surface area contributed by atoms with Crippen molar-refractivity contribution in [1.82, 2.24) is 4.90 Å². The zero-order valence-electron chi connectivity index (χ0n) is 22.8. The number of hydrogen-bond donors (Lipinski definition) is 1. The average Bonchev–Trinajstić information content (AvgIpc) is 3.41. The predicted molar refractivity (Wildman–Crippen MR) is 151 cm³/mol. The highest BCUT2D eigenvalue weighted by Gasteiger charge is 2.32. The topological polar surface area (TPSA) is 114 Å². The van der Waals surface area contributed by atoms with Gasteiger partial charge in [0.1, 0.15) is 11.5 Å². The Bertz CT molecular complexity index is 1410. The number of amides is 1. The van der Waals surface area contributed by atoms with Crippen LogP contribution in [0.3, 0.4) is 0 Å². The number of anilines is 1. The Balaban J connectivity index is 1.18. The van der Waals surface area contributed by atoms with Gasteiger partial charge in [-0.25, -0.2) is 0 Å². The number of carbonyl (C=O) groups excluding carboxylic acids is 1. The molecule has 2 N–H and O–H groups in total. The minimum absolute atomic E-state index is 0.0220. The van der Waals surface area contributed by atoms with Gasteiger partial charge in [-0.1, -0.05) is 0 Å². The average molecular weight is 548 g/mol. The Morgan fingerprint density at radius 2 is 1.57 bits per heavy atom. The summed E-state index contributed by atoms with van der Waals surface area (Å²) in [5.74, 6) is 3.79. The molecule has 0 aliphatic carbocycles. The number of nitrogens with two attached hydrogens (primary N) is 1. The van der Waals surface area contributed by atoms with Crippen LogP contribution in [0.15, 0.2) is 53.5 Å². The van der Waals surface area contributed by atoms with E-state index in [9.17, 15) is 4.79 Å². The molecule has 0 spiro atoms. The van der Waals surface area contributed by atoms with Gasteiger partial charge in [-0.05, 0) is 43.2 Å². The second-order valence-electron chi connectivity index (χ2n) is 9.38. The van der Waals surface area contributed by atoms with Crippen molar-refractivity contribution in [2.75, 3.05) is 46.8 Å². The Morgan fingerprint density at radius 1 is 0.850 bits per heavy atom. The number of fused-ring (bicyclic) bond motifs is 2. The fourth-order valence-corrected chi connectivity index (χ4v) is 4.75. The van der Waals surface area contributed by atoms with Gasteiger partial charge in [-0.3, -0.25) is 9.79 Å². The van der Waals surface area contributed by atoms with Gasteiger partial charge < -0.3 is 39.1 Å². The molecule has 1 atom stereocenters. The van der Waals surface area contributed by atoms with E-state index >= 15 is 0 Å². The number of ether oxygens (including phenoxy) is 6. The van der Waals surface area contributed by atoms with Crippen LogP contribution in [-0.4, -0.2) is 64.2 Å². The van der Waals surface area contributed by atoms with Gasteiger partial charge in [0.15, 0.2) is 28.7 Å². The van der Waals surface area contributed by atoms with Crippen LogP contribution in [0.5, 0.6) is 40.2 Å². The molecule has 1 amide bonds. The van der Waals surface area contributed by atoms with Crippen molar-refractivity contribution in [2.45, 2.75) is 25.3 Å². The highest BCUT2D eigenvalue weighted by Crippen LogP contribution is 2.39. The van der Waals surface area contributed by atoms with Gasteiger partial charge in [0.2, 0.25) is 0 Å². The molecule has 40 heavy (non-hydrogen) atoms. The summed E-state index contributed by atoms with van der Waals surface area (Å²) in [6, 6.07) is 14.0. The van der Waals surface area contributed by atoms with E-state index in [1.54, 1.807) is 69.9 Å². The molecule has 0 aromatic heterocycles. The van der Waals surface area contributed by atoms with Crippen molar-refractivity contribution in [1.29, 1.82) is 0 Å². The normalized spacial score (nSPS) is 15.6. The van der Waals surface area contributed by atoms with Gasteiger partial charge in [-0.2, -0.15) is 0 Å². The van der Waals surface area contributed by atoms with Crippen molar-refractivity contribution >= 4 is 23.5 Å². The third-order valence-corrected chi connectivity index (χ3v) is 6.84. The number of hydrogen-bond acceptors (Lipinski definition) is 9. The Morgan fingerprint density at radius 3 is 2.38 bits per heavy atom. The Kier molecular flexibility index (Phi) is 8.14. The molecule has 10 heteroatoms. The van der Waals surface area contributed by atoms with E-state index in [2.05, 4.69) is 4.99 Å². The van der Waals surface area contributed by atoms with Crippen LogP contribution in [0.25, 0.3) is 0 Å². The van der Waals surface area contributed by atoms with Crippen LogP contribution in [0.4, 0.5) is 11.4 Å². The summed E-state index contributed by atoms with van der Waals surface area (Å²) in [6.45, 7) is 1.53. The van der Waals surface area contributed by atoms with Gasteiger partial charge >= 0.3 is 0 Å². The van der Waals surface area contributed by atoms with E-state index in [1.165, 1.54) is 0 Å². The van der Waals surface area contributed by atoms with E-state index in [4.69, 9.17) is 34.2 Å². The highest BCUT2D eigenvalue weighted by molar-refractivity contribution is 6.03. The first kappa shape index (κ1) is 27.0. The molecule has 1 saturated heterocycles. The minimum atomic E-state index is -0.0220. The van der Waals surface area contributed by atoms with E-state index in [0.717, 1.165) is 19.4 Å². The number of aliphatic imine (C=N–C) groups is 1. The molecule has 0 radical (unpaired) electrons. The smallest absolute Gasteiger partial charge is 0.256 e.